The van der Waals surface area contributed by atoms with Gasteiger partial charge in [0.25, 0.3) is 0 Å². The van der Waals surface area contributed by atoms with E-state index in [0.717, 1.165) is 73.2 Å². The summed E-state index contributed by atoms with van der Waals surface area (Å²) in [6.45, 7) is 8.19. The molecule has 0 radical (unpaired) electrons. The van der Waals surface area contributed by atoms with E-state index in [1.807, 2.05) is 20.8 Å². The number of phenols is 3. The number of fused-ring (bicyclic) bond motifs is 15. The van der Waals surface area contributed by atoms with Crippen LogP contribution in [0.5, 0.6) is 46.0 Å². The minimum atomic E-state index is -2.34. The van der Waals surface area contributed by atoms with Gasteiger partial charge < -0.3 is 141 Å². The Hall–Kier alpha value is -8.91. The van der Waals surface area contributed by atoms with Gasteiger partial charge in [-0.15, -0.1) is 0 Å². The molecule has 568 valence electrons. The van der Waals surface area contributed by atoms with E-state index in [1.165, 1.54) is 19.1 Å². The van der Waals surface area contributed by atoms with E-state index < -0.39 is 231 Å². The third kappa shape index (κ3) is 17.6. The van der Waals surface area contributed by atoms with Crippen LogP contribution in [0.1, 0.15) is 125 Å². The number of aliphatic hydroxyl groups is 6. The SMILES string of the molecule is CCCCN[C@H](CC(C)C)C(=O)N[C@H]1C(=O)N[C@@H](CC(N)=O)C(=O)N[C@@H]2C(=O)N[C@H]3C(=O)N[C@H](C(=O)N[C@H](C(=O)O)c4cc(O)cc(O)c4-c4cc3ccc4O)[C@H](O)c3ccc(c(Cl)c3)Oc3cc2cc(c3O[C@@H]2O[C@H](CO)[C@@H](O)[C@H](O)[C@H]2O[C@H]2C[C@](C)([NH3+])[C@H](O)[C@H](C)O2)Oc2ccc(cc2Cl)[C@H]1O.[Cl-]. The molecular weight excluding hydrogens is 1450 g/mol. The molecule has 0 aliphatic carbocycles. The van der Waals surface area contributed by atoms with Gasteiger partial charge in [-0.05, 0) is 116 Å². The topological polar surface area (TPSA) is 532 Å². The van der Waals surface area contributed by atoms with Crippen LogP contribution in [0.15, 0.2) is 78.9 Å². The molecule has 7 aliphatic heterocycles. The first kappa shape index (κ1) is 80.2. The smallest absolute Gasteiger partial charge is 0.330 e. The van der Waals surface area contributed by atoms with E-state index in [2.05, 4.69) is 43.0 Å². The molecule has 2 fully saturated rings. The van der Waals surface area contributed by atoms with Crippen molar-refractivity contribution < 1.29 is 136 Å². The molecule has 7 heterocycles. The van der Waals surface area contributed by atoms with Gasteiger partial charge in [-0.25, -0.2) is 4.79 Å². The van der Waals surface area contributed by atoms with Crippen LogP contribution in [0.3, 0.4) is 0 Å². The number of ether oxygens (including phenoxy) is 6. The minimum absolute atomic E-state index is 0. The van der Waals surface area contributed by atoms with Crippen LogP contribution in [-0.4, -0.2) is 190 Å². The molecular formula is C69H82Cl3N9O24. The Balaban J connectivity index is 0.0000128. The highest BCUT2D eigenvalue weighted by molar-refractivity contribution is 6.32. The number of benzene rings is 5. The zero-order valence-electron chi connectivity index (χ0n) is 57.0. The fourth-order valence-electron chi connectivity index (χ4n) is 12.9. The Kier molecular flexibility index (Phi) is 25.4. The van der Waals surface area contributed by atoms with Gasteiger partial charge in [-0.2, -0.15) is 0 Å². The molecule has 18 atom stereocenters. The van der Waals surface area contributed by atoms with Gasteiger partial charge in [0.15, 0.2) is 29.9 Å². The van der Waals surface area contributed by atoms with E-state index in [9.17, 15) is 70.2 Å². The van der Waals surface area contributed by atoms with Crippen LogP contribution < -0.4 is 75.3 Å². The summed E-state index contributed by atoms with van der Waals surface area (Å²) in [6, 6.07) is -0.489. The van der Waals surface area contributed by atoms with Crippen molar-refractivity contribution in [3.05, 3.63) is 117 Å². The number of rotatable bonds is 16. The molecule has 11 bridgehead atoms. The molecule has 12 rings (SSSR count). The Morgan fingerprint density at radius 1 is 0.733 bits per heavy atom. The van der Waals surface area contributed by atoms with Crippen molar-refractivity contribution in [2.24, 2.45) is 11.7 Å². The third-order valence-corrected chi connectivity index (χ3v) is 19.0. The Morgan fingerprint density at radius 2 is 1.34 bits per heavy atom. The molecule has 5 aromatic carbocycles. The molecule has 0 unspecified atom stereocenters. The van der Waals surface area contributed by atoms with Gasteiger partial charge in [-0.1, -0.05) is 68.6 Å². The number of quaternary nitrogens is 1. The molecule has 0 aromatic heterocycles. The number of aromatic hydroxyl groups is 3. The molecule has 33 nitrogen and oxygen atoms in total. The van der Waals surface area contributed by atoms with E-state index in [-0.39, 0.29) is 64.4 Å². The molecule has 22 N–H and O–H groups in total. The van der Waals surface area contributed by atoms with Crippen LogP contribution in [0.4, 0.5) is 0 Å². The number of primary amides is 1. The zero-order chi connectivity index (χ0) is 75.7. The van der Waals surface area contributed by atoms with E-state index >= 15 is 19.2 Å². The summed E-state index contributed by atoms with van der Waals surface area (Å²) in [5.41, 5.74) is 5.96. The van der Waals surface area contributed by atoms with Crippen molar-refractivity contribution in [2.45, 2.75) is 176 Å². The first-order valence-electron chi connectivity index (χ1n) is 33.2. The molecule has 7 aliphatic rings. The van der Waals surface area contributed by atoms with Crippen molar-refractivity contribution >= 4 is 70.5 Å². The van der Waals surface area contributed by atoms with Crippen LogP contribution >= 0.6 is 23.2 Å². The maximum Gasteiger partial charge on any atom is 0.330 e. The summed E-state index contributed by atoms with van der Waals surface area (Å²) in [6.07, 6.45) is -16.7. The third-order valence-electron chi connectivity index (χ3n) is 18.4. The number of carbonyl (C=O) groups excluding carboxylic acids is 7. The van der Waals surface area contributed by atoms with Gasteiger partial charge in [0.05, 0.1) is 41.6 Å². The number of nitrogens with one attached hydrogen (secondary N) is 7. The number of hydrogen-bond donors (Lipinski definition) is 19. The second-order valence-corrected chi connectivity index (χ2v) is 27.7. The maximum absolute atomic E-state index is 16.1. The van der Waals surface area contributed by atoms with E-state index in [0.29, 0.717) is 13.0 Å². The number of carbonyl (C=O) groups is 8. The lowest BCUT2D eigenvalue weighted by molar-refractivity contribution is -0.518. The van der Waals surface area contributed by atoms with Gasteiger partial charge >= 0.3 is 5.97 Å². The lowest BCUT2D eigenvalue weighted by Gasteiger charge is -2.45. The van der Waals surface area contributed by atoms with Crippen LogP contribution in [-0.2, 0) is 52.6 Å². The number of amides is 7. The number of phenolic OH excluding ortho intramolecular Hbond substituents is 3. The Bertz CT molecular complexity index is 4140. The molecule has 0 spiro atoms. The highest BCUT2D eigenvalue weighted by Crippen LogP contribution is 2.50. The monoisotopic (exact) mass is 1530 g/mol. The van der Waals surface area contributed by atoms with Crippen LogP contribution in [0, 0.1) is 5.92 Å². The van der Waals surface area contributed by atoms with Crippen molar-refractivity contribution in [1.82, 2.24) is 37.2 Å². The lowest BCUT2D eigenvalue weighted by atomic mass is 9.86. The average molecular weight is 1530 g/mol. The van der Waals surface area contributed by atoms with E-state index in [1.54, 1.807) is 6.92 Å². The second-order valence-electron chi connectivity index (χ2n) is 26.9. The van der Waals surface area contributed by atoms with Crippen molar-refractivity contribution in [2.75, 3.05) is 13.2 Å². The Morgan fingerprint density at radius 3 is 1.93 bits per heavy atom. The summed E-state index contributed by atoms with van der Waals surface area (Å²) in [5, 5.41) is 132. The van der Waals surface area contributed by atoms with Gasteiger partial charge in [0.2, 0.25) is 53.4 Å². The van der Waals surface area contributed by atoms with Crippen LogP contribution in [0.25, 0.3) is 11.1 Å². The first-order valence-corrected chi connectivity index (χ1v) is 34.0. The number of aliphatic hydroxyl groups excluding tert-OH is 6. The predicted octanol–water partition coefficient (Wildman–Crippen LogP) is -2.44. The summed E-state index contributed by atoms with van der Waals surface area (Å²) in [5.74, 6) is -15.8. The zero-order valence-corrected chi connectivity index (χ0v) is 59.2. The number of nitrogens with two attached hydrogens (primary N) is 1. The number of carboxylic acid groups (broad SMARTS) is 1. The van der Waals surface area contributed by atoms with Gasteiger partial charge in [-0.3, -0.25) is 33.6 Å². The molecule has 36 heteroatoms. The fraction of sp³-hybridized carbons (Fsp3) is 0.449. The van der Waals surface area contributed by atoms with Crippen molar-refractivity contribution in [3.63, 3.8) is 0 Å². The number of aliphatic carboxylic acids is 1. The molecule has 0 saturated carbocycles. The second kappa shape index (κ2) is 33.3. The first-order chi connectivity index (χ1) is 49.2. The number of hydrogen-bond acceptors (Lipinski definition) is 24. The van der Waals surface area contributed by atoms with Crippen LogP contribution in [0.2, 0.25) is 10.0 Å². The number of carboxylic acids is 1. The summed E-state index contributed by atoms with van der Waals surface area (Å²) >= 11 is 14.2. The number of unbranched alkanes of at least 4 members (excludes halogenated alkanes) is 1. The standard InChI is InChI=1S/C69H81Cl2N9O24.ClH/c1-6-7-14-74-37(15-26(2)3)61(91)79-52-54(86)29-9-12-41(35(70)17-29)100-43-19-31-20-44(58(43)104-68-59(57(89)56(88)45(25-81)102-68)103-47-24-69(5,73)60(90)27(4)99-47)101-42-13-10-30(18-36(42)71)55(87)53-66(96)78-51(67(97)98)34-21-32(82)22-40(84)48(34)33-16-28(8-11-39(33)83)49(63(93)80-53)77-64(94)50(31)76-62(92)38(23-46(72)85)75-65(52)95;/h8-13,16-22,26-27,37-38,45,47,49-57,59-60,68,74,81-84,86-90H,6-7,14-15,23-25,73H2,1-5H3,(H2,72,85)(H,75,95)(H,76,92)(H,77,94)(H,78,96)(H,79,91)(H,80,93)(H,97,98);1H/t27-,37+,38-,45+,47-,49+,50-,51-,52+,53-,54+,55+,56+,57-,59+,60+,68-,69-;/m0./s1. The molecule has 2 saturated heterocycles. The molecule has 5 aromatic rings. The van der Waals surface area contributed by atoms with Gasteiger partial charge in [0, 0.05) is 22.8 Å². The normalized spacial score (nSPS) is 28.7. The predicted molar refractivity (Wildman–Crippen MR) is 362 cm³/mol. The minimum Gasteiger partial charge on any atom is -1.00 e. The van der Waals surface area contributed by atoms with E-state index in [4.69, 9.17) is 57.4 Å². The van der Waals surface area contributed by atoms with Gasteiger partial charge in [0.1, 0.15) is 101 Å². The maximum atomic E-state index is 16.1. The molecule has 105 heavy (non-hydrogen) atoms. The highest BCUT2D eigenvalue weighted by Gasteiger charge is 2.52. The number of halogens is 3. The highest BCUT2D eigenvalue weighted by atomic mass is 35.5. The van der Waals surface area contributed by atoms with Crippen molar-refractivity contribution in [1.29, 1.82) is 0 Å². The largest absolute Gasteiger partial charge is 1.00 e. The summed E-state index contributed by atoms with van der Waals surface area (Å²) in [4.78, 5) is 118. The Labute approximate surface area is 615 Å². The fourth-order valence-corrected chi connectivity index (χ4v) is 13.4. The summed E-state index contributed by atoms with van der Waals surface area (Å²) < 4.78 is 38.5. The average Bonchev–Trinajstić information content (AvgIpc) is 0.769. The molecule has 7 amide bonds. The quantitative estimate of drug-likeness (QED) is 0.0457. The summed E-state index contributed by atoms with van der Waals surface area (Å²) in [7, 11) is 0. The van der Waals surface area contributed by atoms with Crippen molar-refractivity contribution in [3.8, 4) is 57.1 Å². The lowest BCUT2D eigenvalue weighted by Crippen LogP contribution is -3.00.